The Kier molecular flexibility index (Phi) is 10.9. The lowest BCUT2D eigenvalue weighted by molar-refractivity contribution is 0.435. The van der Waals surface area contributed by atoms with Gasteiger partial charge in [-0.25, -0.2) is 0 Å². The summed E-state index contributed by atoms with van der Waals surface area (Å²) < 4.78 is 0. The lowest BCUT2D eigenvalue weighted by atomic mass is 9.91. The van der Waals surface area contributed by atoms with Gasteiger partial charge in [-0.3, -0.25) is 0 Å². The largest absolute Gasteiger partial charge is 0.131 e. The highest BCUT2D eigenvalue weighted by Crippen LogP contribution is 2.34. The van der Waals surface area contributed by atoms with Crippen LogP contribution in [-0.2, 0) is 0 Å². The minimum Gasteiger partial charge on any atom is -0.131 e. The minimum absolute atomic E-state index is 0.557. The standard InChI is InChI=1S/C15H33P/c1-4-7-9-11-13-15(16,6-3)14-12-10-8-5-2/h4-14,16H2,1-3H3. The van der Waals surface area contributed by atoms with Crippen LogP contribution in [0, 0.1) is 0 Å². The maximum atomic E-state index is 3.16. The minimum atomic E-state index is 0.557. The average Bonchev–Trinajstić information content (AvgIpc) is 2.31. The summed E-state index contributed by atoms with van der Waals surface area (Å²) in [5, 5.41) is 0.557. The van der Waals surface area contributed by atoms with Crippen LogP contribution in [-0.4, -0.2) is 5.16 Å². The van der Waals surface area contributed by atoms with Crippen LogP contribution in [0.5, 0.6) is 0 Å². The molecule has 0 bridgehead atoms. The average molecular weight is 244 g/mol. The fraction of sp³-hybridized carbons (Fsp3) is 1.00. The van der Waals surface area contributed by atoms with Crippen LogP contribution in [0.3, 0.4) is 0 Å². The predicted octanol–water partition coefficient (Wildman–Crippen LogP) is 5.95. The molecule has 0 saturated heterocycles. The second-order valence-electron chi connectivity index (χ2n) is 5.34. The molecule has 0 spiro atoms. The predicted molar refractivity (Wildman–Crippen MR) is 80.3 cm³/mol. The molecule has 1 unspecified atom stereocenters. The van der Waals surface area contributed by atoms with E-state index in [0.29, 0.717) is 5.16 Å². The summed E-state index contributed by atoms with van der Waals surface area (Å²) in [5.41, 5.74) is 0. The molecule has 0 N–H and O–H groups in total. The monoisotopic (exact) mass is 244 g/mol. The SMILES string of the molecule is CCCCCCC(P)(CC)CCCCCC. The Hall–Kier alpha value is 0.430. The van der Waals surface area contributed by atoms with Gasteiger partial charge in [0.2, 0.25) is 0 Å². The second kappa shape index (κ2) is 10.6. The number of hydrogen-bond acceptors (Lipinski definition) is 0. The molecule has 0 aromatic carbocycles. The summed E-state index contributed by atoms with van der Waals surface area (Å²) in [4.78, 5) is 0. The zero-order valence-corrected chi connectivity index (χ0v) is 13.0. The Morgan fingerprint density at radius 1 is 0.688 bits per heavy atom. The summed E-state index contributed by atoms with van der Waals surface area (Å²) in [6.07, 6.45) is 15.4. The molecule has 0 aliphatic carbocycles. The molecule has 0 nitrogen and oxygen atoms in total. The topological polar surface area (TPSA) is 0 Å². The van der Waals surface area contributed by atoms with Crippen LogP contribution in [0.25, 0.3) is 0 Å². The van der Waals surface area contributed by atoms with Gasteiger partial charge in [0.05, 0.1) is 0 Å². The summed E-state index contributed by atoms with van der Waals surface area (Å²) in [5.74, 6) is 0. The Bertz CT molecular complexity index is 130. The van der Waals surface area contributed by atoms with Gasteiger partial charge in [0.1, 0.15) is 0 Å². The third-order valence-corrected chi connectivity index (χ3v) is 4.75. The molecular weight excluding hydrogens is 211 g/mol. The second-order valence-corrected chi connectivity index (χ2v) is 6.56. The molecule has 1 heteroatoms. The Labute approximate surface area is 106 Å². The summed E-state index contributed by atoms with van der Waals surface area (Å²) in [7, 11) is 3.16. The summed E-state index contributed by atoms with van der Waals surface area (Å²) >= 11 is 0. The number of rotatable bonds is 11. The Morgan fingerprint density at radius 3 is 1.44 bits per heavy atom. The number of hydrogen-bond donors (Lipinski definition) is 0. The van der Waals surface area contributed by atoms with Crippen LogP contribution in [0.2, 0.25) is 0 Å². The Morgan fingerprint density at radius 2 is 1.12 bits per heavy atom. The van der Waals surface area contributed by atoms with Crippen molar-refractivity contribution < 1.29 is 0 Å². The van der Waals surface area contributed by atoms with Crippen molar-refractivity contribution in [1.82, 2.24) is 0 Å². The molecule has 0 aliphatic rings. The first kappa shape index (κ1) is 16.4. The van der Waals surface area contributed by atoms with Crippen molar-refractivity contribution in [2.75, 3.05) is 0 Å². The molecule has 0 aliphatic heterocycles. The molecule has 0 radical (unpaired) electrons. The van der Waals surface area contributed by atoms with Crippen LogP contribution >= 0.6 is 9.24 Å². The van der Waals surface area contributed by atoms with Gasteiger partial charge in [-0.2, -0.15) is 0 Å². The lowest BCUT2D eigenvalue weighted by Gasteiger charge is -2.28. The highest BCUT2D eigenvalue weighted by molar-refractivity contribution is 7.18. The fourth-order valence-corrected chi connectivity index (χ4v) is 2.69. The van der Waals surface area contributed by atoms with Crippen molar-refractivity contribution in [2.45, 2.75) is 96.6 Å². The lowest BCUT2D eigenvalue weighted by Crippen LogP contribution is -2.19. The highest BCUT2D eigenvalue weighted by Gasteiger charge is 2.20. The maximum absolute atomic E-state index is 3.16. The molecule has 1 atom stereocenters. The third kappa shape index (κ3) is 8.57. The van der Waals surface area contributed by atoms with Gasteiger partial charge >= 0.3 is 0 Å². The van der Waals surface area contributed by atoms with Gasteiger partial charge in [-0.05, 0) is 24.4 Å². The third-order valence-electron chi connectivity index (χ3n) is 3.76. The van der Waals surface area contributed by atoms with Crippen LogP contribution in [0.1, 0.15) is 91.4 Å². The zero-order valence-electron chi connectivity index (χ0n) is 11.9. The van der Waals surface area contributed by atoms with Crippen molar-refractivity contribution >= 4 is 9.24 Å². The van der Waals surface area contributed by atoms with Crippen LogP contribution in [0.15, 0.2) is 0 Å². The van der Waals surface area contributed by atoms with Gasteiger partial charge < -0.3 is 0 Å². The van der Waals surface area contributed by atoms with Gasteiger partial charge in [-0.15, -0.1) is 9.24 Å². The van der Waals surface area contributed by atoms with E-state index < -0.39 is 0 Å². The first-order valence-electron chi connectivity index (χ1n) is 7.47. The quantitative estimate of drug-likeness (QED) is 0.311. The molecule has 16 heavy (non-hydrogen) atoms. The summed E-state index contributed by atoms with van der Waals surface area (Å²) in [6.45, 7) is 6.93. The van der Waals surface area contributed by atoms with Crippen molar-refractivity contribution in [1.29, 1.82) is 0 Å². The van der Waals surface area contributed by atoms with Crippen LogP contribution < -0.4 is 0 Å². The van der Waals surface area contributed by atoms with E-state index in [1.807, 2.05) is 0 Å². The molecule has 0 saturated carbocycles. The van der Waals surface area contributed by atoms with E-state index in [9.17, 15) is 0 Å². The molecule has 0 aromatic rings. The van der Waals surface area contributed by atoms with Crippen molar-refractivity contribution in [2.24, 2.45) is 0 Å². The van der Waals surface area contributed by atoms with E-state index in [1.165, 1.54) is 70.6 Å². The highest BCUT2D eigenvalue weighted by atomic mass is 31.0. The molecule has 0 amide bonds. The summed E-state index contributed by atoms with van der Waals surface area (Å²) in [6, 6.07) is 0. The number of unbranched alkanes of at least 4 members (excludes halogenated alkanes) is 6. The molecule has 0 aromatic heterocycles. The van der Waals surface area contributed by atoms with E-state index in [2.05, 4.69) is 30.0 Å². The van der Waals surface area contributed by atoms with Crippen molar-refractivity contribution in [3.05, 3.63) is 0 Å². The smallest absolute Gasteiger partial charge is 0.0153 e. The van der Waals surface area contributed by atoms with Gasteiger partial charge in [-0.1, -0.05) is 72.1 Å². The molecular formula is C15H33P. The molecule has 0 heterocycles. The van der Waals surface area contributed by atoms with Gasteiger partial charge in [0, 0.05) is 0 Å². The van der Waals surface area contributed by atoms with E-state index >= 15 is 0 Å². The van der Waals surface area contributed by atoms with Crippen LogP contribution in [0.4, 0.5) is 0 Å². The molecule has 0 fully saturated rings. The van der Waals surface area contributed by atoms with E-state index in [-0.39, 0.29) is 0 Å². The van der Waals surface area contributed by atoms with Gasteiger partial charge in [0.25, 0.3) is 0 Å². The fourth-order valence-electron chi connectivity index (χ4n) is 2.29. The van der Waals surface area contributed by atoms with Gasteiger partial charge in [0.15, 0.2) is 0 Å². The first-order chi connectivity index (χ1) is 7.68. The first-order valence-corrected chi connectivity index (χ1v) is 8.05. The molecule has 98 valence electrons. The van der Waals surface area contributed by atoms with E-state index in [4.69, 9.17) is 0 Å². The maximum Gasteiger partial charge on any atom is -0.0153 e. The molecule has 0 rings (SSSR count). The van der Waals surface area contributed by atoms with E-state index in [1.54, 1.807) is 0 Å². The Balaban J connectivity index is 3.64. The zero-order chi connectivity index (χ0) is 12.3. The van der Waals surface area contributed by atoms with Crippen molar-refractivity contribution in [3.8, 4) is 0 Å². The van der Waals surface area contributed by atoms with Crippen molar-refractivity contribution in [3.63, 3.8) is 0 Å². The van der Waals surface area contributed by atoms with E-state index in [0.717, 1.165) is 0 Å². The normalized spacial score (nSPS) is 12.0.